The summed E-state index contributed by atoms with van der Waals surface area (Å²) in [6.07, 6.45) is 7.99. The molecule has 0 radical (unpaired) electrons. The van der Waals surface area contributed by atoms with E-state index in [4.69, 9.17) is 24.4 Å². The van der Waals surface area contributed by atoms with Crippen LogP contribution in [0.5, 0.6) is 5.75 Å². The maximum Gasteiger partial charge on any atom is 0.336 e. The SMILES string of the molecule is CCC[C@H]1CC[C@H](/C=C/COc2ccc(C3O[C@@H](C(=O)O)[C@H](C(=O)O)O3)cc2)CC1. The Hall–Kier alpha value is -2.38. The molecule has 1 aliphatic heterocycles. The van der Waals surface area contributed by atoms with E-state index in [0.29, 0.717) is 23.8 Å². The molecule has 164 valence electrons. The van der Waals surface area contributed by atoms with E-state index in [1.54, 1.807) is 24.3 Å². The van der Waals surface area contributed by atoms with Gasteiger partial charge in [0.15, 0.2) is 18.5 Å². The molecule has 2 atom stereocenters. The van der Waals surface area contributed by atoms with Crippen molar-refractivity contribution in [3.8, 4) is 5.75 Å². The summed E-state index contributed by atoms with van der Waals surface area (Å²) < 4.78 is 16.2. The van der Waals surface area contributed by atoms with E-state index < -0.39 is 30.4 Å². The topological polar surface area (TPSA) is 102 Å². The zero-order chi connectivity index (χ0) is 21.5. The zero-order valence-corrected chi connectivity index (χ0v) is 17.2. The number of carboxylic acid groups (broad SMARTS) is 2. The van der Waals surface area contributed by atoms with Gasteiger partial charge in [-0.05, 0) is 49.7 Å². The fourth-order valence-electron chi connectivity index (χ4n) is 4.16. The van der Waals surface area contributed by atoms with Crippen LogP contribution in [0.1, 0.15) is 57.3 Å². The molecule has 1 aromatic carbocycles. The third-order valence-electron chi connectivity index (χ3n) is 5.80. The molecule has 7 nitrogen and oxygen atoms in total. The first kappa shape index (κ1) is 22.3. The van der Waals surface area contributed by atoms with Gasteiger partial charge < -0.3 is 24.4 Å². The lowest BCUT2D eigenvalue weighted by Crippen LogP contribution is -2.36. The Morgan fingerprint density at radius 1 is 1.03 bits per heavy atom. The Bertz CT molecular complexity index is 712. The number of carbonyl (C=O) groups is 2. The van der Waals surface area contributed by atoms with Crippen LogP contribution >= 0.6 is 0 Å². The van der Waals surface area contributed by atoms with Crippen LogP contribution in [0.3, 0.4) is 0 Å². The predicted octanol–water partition coefficient (Wildman–Crippen LogP) is 4.18. The van der Waals surface area contributed by atoms with Gasteiger partial charge in [-0.2, -0.15) is 0 Å². The summed E-state index contributed by atoms with van der Waals surface area (Å²) in [4.78, 5) is 22.3. The Balaban J connectivity index is 1.45. The highest BCUT2D eigenvalue weighted by Gasteiger charge is 2.46. The fourth-order valence-corrected chi connectivity index (χ4v) is 4.16. The van der Waals surface area contributed by atoms with Crippen molar-refractivity contribution in [3.63, 3.8) is 0 Å². The van der Waals surface area contributed by atoms with Crippen LogP contribution in [-0.4, -0.2) is 41.0 Å². The first-order chi connectivity index (χ1) is 14.5. The molecule has 1 aromatic rings. The number of carboxylic acids is 2. The predicted molar refractivity (Wildman–Crippen MR) is 109 cm³/mol. The maximum atomic E-state index is 11.2. The van der Waals surface area contributed by atoms with Crippen molar-refractivity contribution in [2.45, 2.75) is 63.9 Å². The van der Waals surface area contributed by atoms with E-state index in [2.05, 4.69) is 19.1 Å². The van der Waals surface area contributed by atoms with Gasteiger partial charge in [0.25, 0.3) is 0 Å². The van der Waals surface area contributed by atoms with Gasteiger partial charge in [-0.1, -0.05) is 44.1 Å². The molecule has 1 aliphatic carbocycles. The minimum absolute atomic E-state index is 0.479. The number of benzene rings is 1. The van der Waals surface area contributed by atoms with Gasteiger partial charge in [0, 0.05) is 5.56 Å². The summed E-state index contributed by atoms with van der Waals surface area (Å²) in [6.45, 7) is 2.73. The van der Waals surface area contributed by atoms with Crippen LogP contribution in [0.2, 0.25) is 0 Å². The Kier molecular flexibility index (Phi) is 7.87. The van der Waals surface area contributed by atoms with Crippen molar-refractivity contribution < 1.29 is 34.0 Å². The molecule has 2 N–H and O–H groups in total. The fraction of sp³-hybridized carbons (Fsp3) is 0.565. The summed E-state index contributed by atoms with van der Waals surface area (Å²) in [5.41, 5.74) is 0.539. The van der Waals surface area contributed by atoms with Gasteiger partial charge in [-0.15, -0.1) is 0 Å². The molecule has 0 amide bonds. The van der Waals surface area contributed by atoms with Crippen molar-refractivity contribution in [2.24, 2.45) is 11.8 Å². The monoisotopic (exact) mass is 418 g/mol. The average molecular weight is 418 g/mol. The quantitative estimate of drug-likeness (QED) is 0.580. The molecule has 2 fully saturated rings. The summed E-state index contributed by atoms with van der Waals surface area (Å²) in [5.74, 6) is -0.521. The molecule has 1 saturated heterocycles. The van der Waals surface area contributed by atoms with Crippen molar-refractivity contribution in [2.75, 3.05) is 6.61 Å². The lowest BCUT2D eigenvalue weighted by atomic mass is 9.80. The summed E-state index contributed by atoms with van der Waals surface area (Å²) >= 11 is 0. The number of ether oxygens (including phenoxy) is 3. The Morgan fingerprint density at radius 3 is 2.17 bits per heavy atom. The van der Waals surface area contributed by atoms with Crippen molar-refractivity contribution in [3.05, 3.63) is 42.0 Å². The van der Waals surface area contributed by atoms with E-state index in [-0.39, 0.29) is 0 Å². The molecule has 1 heterocycles. The van der Waals surface area contributed by atoms with Crippen LogP contribution < -0.4 is 4.74 Å². The second-order valence-electron chi connectivity index (χ2n) is 8.00. The summed E-state index contributed by atoms with van der Waals surface area (Å²) in [7, 11) is 0. The average Bonchev–Trinajstić information content (AvgIpc) is 3.19. The van der Waals surface area contributed by atoms with E-state index >= 15 is 0 Å². The van der Waals surface area contributed by atoms with Crippen LogP contribution in [0.4, 0.5) is 0 Å². The highest BCUT2D eigenvalue weighted by molar-refractivity contribution is 5.84. The molecule has 3 rings (SSSR count). The smallest absolute Gasteiger partial charge is 0.336 e. The molecule has 0 unspecified atom stereocenters. The highest BCUT2D eigenvalue weighted by Crippen LogP contribution is 2.33. The number of allylic oxidation sites excluding steroid dienone is 1. The Labute approximate surface area is 176 Å². The van der Waals surface area contributed by atoms with Gasteiger partial charge in [0.2, 0.25) is 0 Å². The number of rotatable bonds is 9. The lowest BCUT2D eigenvalue weighted by molar-refractivity contribution is -0.156. The molecule has 2 aliphatic rings. The normalized spacial score (nSPS) is 27.4. The van der Waals surface area contributed by atoms with E-state index in [0.717, 1.165) is 5.92 Å². The lowest BCUT2D eigenvalue weighted by Gasteiger charge is -2.26. The maximum absolute atomic E-state index is 11.2. The van der Waals surface area contributed by atoms with Crippen molar-refractivity contribution >= 4 is 11.9 Å². The third-order valence-corrected chi connectivity index (χ3v) is 5.80. The van der Waals surface area contributed by atoms with Gasteiger partial charge in [0.1, 0.15) is 12.4 Å². The van der Waals surface area contributed by atoms with Gasteiger partial charge in [0.05, 0.1) is 0 Å². The highest BCUT2D eigenvalue weighted by atomic mass is 16.7. The van der Waals surface area contributed by atoms with E-state index in [1.807, 2.05) is 0 Å². The number of hydrogen-bond acceptors (Lipinski definition) is 5. The van der Waals surface area contributed by atoms with Crippen LogP contribution in [0.15, 0.2) is 36.4 Å². The molecule has 0 bridgehead atoms. The standard InChI is InChI=1S/C23H30O7/c1-2-4-15-6-8-16(9-7-15)5-3-14-28-18-12-10-17(11-13-18)23-29-19(21(24)25)20(30-23)22(26)27/h3,5,10-13,15-16,19-20,23H,2,4,6-9,14H2,1H3,(H,24,25)(H,26,27)/b5-3+/t15-,16-,19-,20-/m1/s1. The first-order valence-corrected chi connectivity index (χ1v) is 10.6. The summed E-state index contributed by atoms with van der Waals surface area (Å²) in [5, 5.41) is 18.2. The van der Waals surface area contributed by atoms with Crippen LogP contribution in [0.25, 0.3) is 0 Å². The van der Waals surface area contributed by atoms with E-state index in [1.165, 1.54) is 38.5 Å². The molecular formula is C23H30O7. The van der Waals surface area contributed by atoms with Crippen LogP contribution in [0, 0.1) is 11.8 Å². The molecule has 1 saturated carbocycles. The molecule has 7 heteroatoms. The van der Waals surface area contributed by atoms with Crippen molar-refractivity contribution in [1.82, 2.24) is 0 Å². The molecular weight excluding hydrogens is 388 g/mol. The number of hydrogen-bond donors (Lipinski definition) is 2. The molecule has 30 heavy (non-hydrogen) atoms. The largest absolute Gasteiger partial charge is 0.490 e. The Morgan fingerprint density at radius 2 is 1.63 bits per heavy atom. The van der Waals surface area contributed by atoms with Crippen molar-refractivity contribution in [1.29, 1.82) is 0 Å². The summed E-state index contributed by atoms with van der Waals surface area (Å²) in [6, 6.07) is 6.83. The molecule has 0 spiro atoms. The van der Waals surface area contributed by atoms with Gasteiger partial charge in [-0.25, -0.2) is 9.59 Å². The third kappa shape index (κ3) is 5.83. The van der Waals surface area contributed by atoms with E-state index in [9.17, 15) is 9.59 Å². The van der Waals surface area contributed by atoms with Crippen LogP contribution in [-0.2, 0) is 19.1 Å². The second kappa shape index (κ2) is 10.6. The van der Waals surface area contributed by atoms with Gasteiger partial charge >= 0.3 is 11.9 Å². The minimum Gasteiger partial charge on any atom is -0.490 e. The van der Waals surface area contributed by atoms with Gasteiger partial charge in [-0.3, -0.25) is 0 Å². The number of aliphatic carboxylic acids is 2. The first-order valence-electron chi connectivity index (χ1n) is 10.6. The second-order valence-corrected chi connectivity index (χ2v) is 8.00. The molecule has 0 aromatic heterocycles. The minimum atomic E-state index is -1.54. The zero-order valence-electron chi connectivity index (χ0n) is 17.2.